The lowest BCUT2D eigenvalue weighted by Gasteiger charge is -2.36. The first kappa shape index (κ1) is 25.3. The van der Waals surface area contributed by atoms with Crippen molar-refractivity contribution in [1.29, 1.82) is 0 Å². The molecule has 1 aromatic heterocycles. The summed E-state index contributed by atoms with van der Waals surface area (Å²) in [5.41, 5.74) is 2.11. The zero-order valence-electron chi connectivity index (χ0n) is 19.1. The maximum Gasteiger partial charge on any atom is 0.194 e. The zero-order valence-corrected chi connectivity index (χ0v) is 21.4. The fourth-order valence-electron chi connectivity index (χ4n) is 3.55. The van der Waals surface area contributed by atoms with Gasteiger partial charge in [-0.25, -0.2) is 0 Å². The van der Waals surface area contributed by atoms with E-state index >= 15 is 0 Å². The van der Waals surface area contributed by atoms with E-state index in [1.165, 1.54) is 0 Å². The second-order valence-corrected chi connectivity index (χ2v) is 7.71. The number of nitrogens with zero attached hydrogens (tertiary/aromatic N) is 4. The van der Waals surface area contributed by atoms with Crippen LogP contribution in [0.1, 0.15) is 36.8 Å². The minimum atomic E-state index is 0. The highest BCUT2D eigenvalue weighted by Gasteiger charge is 2.21. The molecule has 0 bridgehead atoms. The van der Waals surface area contributed by atoms with Gasteiger partial charge in [0, 0.05) is 51.4 Å². The van der Waals surface area contributed by atoms with Crippen LogP contribution in [0.5, 0.6) is 11.5 Å². The maximum absolute atomic E-state index is 5.52. The van der Waals surface area contributed by atoms with Crippen molar-refractivity contribution in [3.8, 4) is 11.5 Å². The monoisotopic (exact) mass is 543 g/mol. The Morgan fingerprint density at radius 3 is 2.48 bits per heavy atom. The predicted molar refractivity (Wildman–Crippen MR) is 133 cm³/mol. The number of ether oxygens (including phenoxy) is 2. The first-order valence-corrected chi connectivity index (χ1v) is 10.4. The lowest BCUT2D eigenvalue weighted by atomic mass is 10.1. The normalized spacial score (nSPS) is 15.0. The van der Waals surface area contributed by atoms with Crippen LogP contribution in [-0.4, -0.2) is 68.4 Å². The average molecular weight is 543 g/mol. The van der Waals surface area contributed by atoms with Gasteiger partial charge in [-0.05, 0) is 24.1 Å². The Morgan fingerprint density at radius 2 is 1.90 bits per heavy atom. The van der Waals surface area contributed by atoms with Crippen molar-refractivity contribution in [2.45, 2.75) is 32.9 Å². The van der Waals surface area contributed by atoms with Gasteiger partial charge in [0.25, 0.3) is 0 Å². The van der Waals surface area contributed by atoms with E-state index in [1.807, 2.05) is 25.2 Å². The standard InChI is InChI=1S/C22H33N5O3.HI/c1-16(2)20-13-19(30-25-20)14-24-22(23-3)27-10-8-26(9-11-27)15-17-12-18(28-4)6-7-21(17)29-5;/h6-7,12-13,16H,8-11,14-15H2,1-5H3,(H,23,24);1H. The highest BCUT2D eigenvalue weighted by molar-refractivity contribution is 14.0. The number of halogens is 1. The summed E-state index contributed by atoms with van der Waals surface area (Å²) in [5, 5.41) is 7.51. The first-order valence-electron chi connectivity index (χ1n) is 10.4. The van der Waals surface area contributed by atoms with E-state index in [9.17, 15) is 0 Å². The molecular formula is C22H34IN5O3. The second-order valence-electron chi connectivity index (χ2n) is 7.71. The number of piperazine rings is 1. The van der Waals surface area contributed by atoms with Gasteiger partial charge >= 0.3 is 0 Å². The molecule has 31 heavy (non-hydrogen) atoms. The lowest BCUT2D eigenvalue weighted by molar-refractivity contribution is 0.170. The number of benzene rings is 1. The number of hydrogen-bond donors (Lipinski definition) is 1. The van der Waals surface area contributed by atoms with E-state index in [0.29, 0.717) is 12.5 Å². The van der Waals surface area contributed by atoms with Crippen LogP contribution in [-0.2, 0) is 13.1 Å². The molecule has 3 rings (SSSR count). The predicted octanol–water partition coefficient (Wildman–Crippen LogP) is 3.33. The quantitative estimate of drug-likeness (QED) is 0.326. The van der Waals surface area contributed by atoms with Gasteiger partial charge in [0.1, 0.15) is 11.5 Å². The Balaban J connectivity index is 0.00000341. The molecule has 0 radical (unpaired) electrons. The molecular weight excluding hydrogens is 509 g/mol. The molecule has 1 aliphatic rings. The molecule has 1 aromatic carbocycles. The van der Waals surface area contributed by atoms with Crippen molar-refractivity contribution in [2.75, 3.05) is 47.4 Å². The third kappa shape index (κ3) is 6.73. The van der Waals surface area contributed by atoms with Crippen LogP contribution in [0.15, 0.2) is 33.8 Å². The molecule has 2 heterocycles. The SMILES string of the molecule is CN=C(NCc1cc(C(C)C)no1)N1CCN(Cc2cc(OC)ccc2OC)CC1.I. The minimum Gasteiger partial charge on any atom is -0.497 e. The Labute approximate surface area is 202 Å². The van der Waals surface area contributed by atoms with E-state index in [2.05, 4.69) is 45.2 Å². The molecule has 1 N–H and O–H groups in total. The van der Waals surface area contributed by atoms with E-state index in [0.717, 1.165) is 67.2 Å². The van der Waals surface area contributed by atoms with E-state index in [-0.39, 0.29) is 24.0 Å². The summed E-state index contributed by atoms with van der Waals surface area (Å²) in [4.78, 5) is 9.14. The smallest absolute Gasteiger partial charge is 0.194 e. The molecule has 0 saturated carbocycles. The molecule has 172 valence electrons. The number of hydrogen-bond acceptors (Lipinski definition) is 6. The summed E-state index contributed by atoms with van der Waals surface area (Å²) < 4.78 is 16.3. The zero-order chi connectivity index (χ0) is 21.5. The van der Waals surface area contributed by atoms with Crippen LogP contribution in [0.4, 0.5) is 0 Å². The molecule has 8 nitrogen and oxygen atoms in total. The van der Waals surface area contributed by atoms with Crippen molar-refractivity contribution in [3.63, 3.8) is 0 Å². The first-order chi connectivity index (χ1) is 14.5. The number of methoxy groups -OCH3 is 2. The molecule has 0 unspecified atom stereocenters. The van der Waals surface area contributed by atoms with Crippen molar-refractivity contribution in [3.05, 3.63) is 41.3 Å². The molecule has 2 aromatic rings. The number of rotatable bonds is 7. The molecule has 0 spiro atoms. The third-order valence-corrected chi connectivity index (χ3v) is 5.35. The highest BCUT2D eigenvalue weighted by atomic mass is 127. The van der Waals surface area contributed by atoms with Crippen molar-refractivity contribution in [2.24, 2.45) is 4.99 Å². The summed E-state index contributed by atoms with van der Waals surface area (Å²) in [7, 11) is 5.21. The summed E-state index contributed by atoms with van der Waals surface area (Å²) in [6, 6.07) is 7.94. The Hall–Kier alpha value is -2.01. The summed E-state index contributed by atoms with van der Waals surface area (Å²) >= 11 is 0. The minimum absolute atomic E-state index is 0. The van der Waals surface area contributed by atoms with Gasteiger partial charge < -0.3 is 24.2 Å². The van der Waals surface area contributed by atoms with Gasteiger partial charge in [0.2, 0.25) is 0 Å². The van der Waals surface area contributed by atoms with Gasteiger partial charge in [0.05, 0.1) is 26.5 Å². The van der Waals surface area contributed by atoms with Gasteiger partial charge in [-0.3, -0.25) is 9.89 Å². The third-order valence-electron chi connectivity index (χ3n) is 5.35. The van der Waals surface area contributed by atoms with Gasteiger partial charge in [0.15, 0.2) is 11.7 Å². The fourth-order valence-corrected chi connectivity index (χ4v) is 3.55. The number of aromatic nitrogens is 1. The summed E-state index contributed by atoms with van der Waals surface area (Å²) in [5.74, 6) is 3.81. The van der Waals surface area contributed by atoms with Crippen LogP contribution in [0, 0.1) is 0 Å². The number of aliphatic imine (C=N–C) groups is 1. The fraction of sp³-hybridized carbons (Fsp3) is 0.545. The van der Waals surface area contributed by atoms with Crippen LogP contribution < -0.4 is 14.8 Å². The van der Waals surface area contributed by atoms with Crippen LogP contribution in [0.3, 0.4) is 0 Å². The number of nitrogens with one attached hydrogen (secondary N) is 1. The van der Waals surface area contributed by atoms with Crippen LogP contribution in [0.25, 0.3) is 0 Å². The van der Waals surface area contributed by atoms with Crippen molar-refractivity contribution >= 4 is 29.9 Å². The summed E-state index contributed by atoms with van der Waals surface area (Å²) in [6.07, 6.45) is 0. The number of guanidine groups is 1. The van der Waals surface area contributed by atoms with Crippen LogP contribution >= 0.6 is 24.0 Å². The van der Waals surface area contributed by atoms with E-state index in [4.69, 9.17) is 14.0 Å². The van der Waals surface area contributed by atoms with Gasteiger partial charge in [-0.15, -0.1) is 24.0 Å². The van der Waals surface area contributed by atoms with Crippen LogP contribution in [0.2, 0.25) is 0 Å². The van der Waals surface area contributed by atoms with E-state index in [1.54, 1.807) is 14.2 Å². The van der Waals surface area contributed by atoms with Gasteiger partial charge in [-0.2, -0.15) is 0 Å². The Kier molecular flexibility index (Phi) is 9.89. The lowest BCUT2D eigenvalue weighted by Crippen LogP contribution is -2.52. The van der Waals surface area contributed by atoms with E-state index < -0.39 is 0 Å². The molecule has 1 saturated heterocycles. The summed E-state index contributed by atoms with van der Waals surface area (Å²) in [6.45, 7) is 9.31. The maximum atomic E-state index is 5.52. The molecule has 1 aliphatic heterocycles. The van der Waals surface area contributed by atoms with Crippen molar-refractivity contribution in [1.82, 2.24) is 20.3 Å². The molecule has 9 heteroatoms. The van der Waals surface area contributed by atoms with Crippen molar-refractivity contribution < 1.29 is 14.0 Å². The highest BCUT2D eigenvalue weighted by Crippen LogP contribution is 2.25. The average Bonchev–Trinajstić information content (AvgIpc) is 3.24. The molecule has 0 amide bonds. The molecule has 0 aliphatic carbocycles. The largest absolute Gasteiger partial charge is 0.497 e. The Morgan fingerprint density at radius 1 is 1.16 bits per heavy atom. The molecule has 0 atom stereocenters. The topological polar surface area (TPSA) is 75.4 Å². The molecule has 1 fully saturated rings. The second kappa shape index (κ2) is 12.1. The Bertz CT molecular complexity index is 847. The van der Waals surface area contributed by atoms with Gasteiger partial charge in [-0.1, -0.05) is 19.0 Å².